The molecule has 1 aromatic carbocycles. The molecule has 0 aliphatic rings. The summed E-state index contributed by atoms with van der Waals surface area (Å²) in [6.45, 7) is 2.21. The molecule has 1 heterocycles. The molecular weight excluding hydrogens is 337 g/mol. The minimum absolute atomic E-state index is 0.0268. The molecule has 0 bridgehead atoms. The number of benzene rings is 1. The summed E-state index contributed by atoms with van der Waals surface area (Å²) in [5.41, 5.74) is -0.423. The van der Waals surface area contributed by atoms with Crippen molar-refractivity contribution in [1.82, 2.24) is 10.3 Å². The Morgan fingerprint density at radius 2 is 1.88 bits per heavy atom. The van der Waals surface area contributed by atoms with Gasteiger partial charge >= 0.3 is 6.18 Å². The van der Waals surface area contributed by atoms with E-state index in [0.29, 0.717) is 24.1 Å². The van der Waals surface area contributed by atoms with Gasteiger partial charge in [0.1, 0.15) is 5.75 Å². The van der Waals surface area contributed by atoms with Crippen LogP contribution in [0.4, 0.5) is 13.2 Å². The standard InChI is InChI=1S/C17H17F3N2O3/c1-11(10-24-2)22-16(23)12-3-6-14(7-4-12)25-15-8-5-13(9-21-15)17(18,19)20/h3-9,11H,10H2,1-2H3,(H,22,23). The lowest BCUT2D eigenvalue weighted by Gasteiger charge is -2.13. The number of carbonyl (C=O) groups is 1. The Kier molecular flexibility index (Phi) is 5.97. The molecule has 0 aliphatic carbocycles. The van der Waals surface area contributed by atoms with E-state index in [1.54, 1.807) is 19.2 Å². The Bertz CT molecular complexity index is 701. The number of alkyl halides is 3. The number of hydrogen-bond acceptors (Lipinski definition) is 4. The molecule has 1 atom stereocenters. The van der Waals surface area contributed by atoms with Crippen LogP contribution in [-0.4, -0.2) is 30.6 Å². The molecule has 134 valence electrons. The van der Waals surface area contributed by atoms with E-state index in [2.05, 4.69) is 10.3 Å². The van der Waals surface area contributed by atoms with Gasteiger partial charge in [0.05, 0.1) is 12.2 Å². The van der Waals surface area contributed by atoms with Gasteiger partial charge in [-0.15, -0.1) is 0 Å². The van der Waals surface area contributed by atoms with Crippen LogP contribution in [0, 0.1) is 0 Å². The van der Waals surface area contributed by atoms with Gasteiger partial charge in [-0.05, 0) is 37.3 Å². The fourth-order valence-corrected chi connectivity index (χ4v) is 2.00. The largest absolute Gasteiger partial charge is 0.439 e. The molecule has 0 aliphatic heterocycles. The Balaban J connectivity index is 1.99. The average molecular weight is 354 g/mol. The number of rotatable bonds is 6. The lowest BCUT2D eigenvalue weighted by Crippen LogP contribution is -2.35. The van der Waals surface area contributed by atoms with E-state index >= 15 is 0 Å². The maximum Gasteiger partial charge on any atom is 0.417 e. The Hall–Kier alpha value is -2.61. The number of amides is 1. The van der Waals surface area contributed by atoms with Crippen molar-refractivity contribution >= 4 is 5.91 Å². The van der Waals surface area contributed by atoms with E-state index in [0.717, 1.165) is 12.1 Å². The number of ether oxygens (including phenoxy) is 2. The van der Waals surface area contributed by atoms with Gasteiger partial charge in [0.15, 0.2) is 0 Å². The zero-order valence-corrected chi connectivity index (χ0v) is 13.6. The molecule has 1 unspecified atom stereocenters. The molecule has 0 spiro atoms. The summed E-state index contributed by atoms with van der Waals surface area (Å²) in [7, 11) is 1.55. The second-order valence-electron chi connectivity index (χ2n) is 5.34. The van der Waals surface area contributed by atoms with Crippen molar-refractivity contribution in [1.29, 1.82) is 0 Å². The molecule has 0 radical (unpaired) electrons. The molecule has 8 heteroatoms. The molecule has 1 amide bonds. The van der Waals surface area contributed by atoms with Gasteiger partial charge in [0.25, 0.3) is 5.91 Å². The fourth-order valence-electron chi connectivity index (χ4n) is 2.00. The average Bonchev–Trinajstić information content (AvgIpc) is 2.55. The van der Waals surface area contributed by atoms with Gasteiger partial charge in [-0.25, -0.2) is 4.98 Å². The topological polar surface area (TPSA) is 60.5 Å². The maximum atomic E-state index is 12.5. The van der Waals surface area contributed by atoms with Gasteiger partial charge in [-0.3, -0.25) is 4.79 Å². The second kappa shape index (κ2) is 7.98. The quantitative estimate of drug-likeness (QED) is 0.860. The summed E-state index contributed by atoms with van der Waals surface area (Å²) >= 11 is 0. The molecule has 2 rings (SSSR count). The zero-order chi connectivity index (χ0) is 18.4. The molecule has 25 heavy (non-hydrogen) atoms. The summed E-state index contributed by atoms with van der Waals surface area (Å²) in [5, 5.41) is 2.76. The minimum atomic E-state index is -4.44. The molecular formula is C17H17F3N2O3. The highest BCUT2D eigenvalue weighted by atomic mass is 19.4. The monoisotopic (exact) mass is 354 g/mol. The molecule has 2 aromatic rings. The first kappa shape index (κ1) is 18.7. The number of aromatic nitrogens is 1. The van der Waals surface area contributed by atoms with E-state index < -0.39 is 11.7 Å². The van der Waals surface area contributed by atoms with Crippen LogP contribution in [0.2, 0.25) is 0 Å². The highest BCUT2D eigenvalue weighted by molar-refractivity contribution is 5.94. The van der Waals surface area contributed by atoms with Crippen LogP contribution in [0.1, 0.15) is 22.8 Å². The molecule has 0 saturated carbocycles. The first-order valence-corrected chi connectivity index (χ1v) is 7.40. The van der Waals surface area contributed by atoms with E-state index in [1.807, 2.05) is 6.92 Å². The predicted molar refractivity (Wildman–Crippen MR) is 84.6 cm³/mol. The fraction of sp³-hybridized carbons (Fsp3) is 0.294. The third-order valence-electron chi connectivity index (χ3n) is 3.20. The molecule has 1 aromatic heterocycles. The van der Waals surface area contributed by atoms with Gasteiger partial charge in [0, 0.05) is 31.0 Å². The third-order valence-corrected chi connectivity index (χ3v) is 3.20. The van der Waals surface area contributed by atoms with Crippen molar-refractivity contribution in [3.8, 4) is 11.6 Å². The van der Waals surface area contributed by atoms with Crippen molar-refractivity contribution in [2.24, 2.45) is 0 Å². The number of nitrogens with one attached hydrogen (secondary N) is 1. The van der Waals surface area contributed by atoms with Crippen molar-refractivity contribution in [2.75, 3.05) is 13.7 Å². The highest BCUT2D eigenvalue weighted by Gasteiger charge is 2.30. The van der Waals surface area contributed by atoms with E-state index in [-0.39, 0.29) is 17.8 Å². The first-order valence-electron chi connectivity index (χ1n) is 7.40. The van der Waals surface area contributed by atoms with Crippen LogP contribution in [0.5, 0.6) is 11.6 Å². The molecule has 5 nitrogen and oxygen atoms in total. The molecule has 0 fully saturated rings. The predicted octanol–water partition coefficient (Wildman–Crippen LogP) is 3.66. The lowest BCUT2D eigenvalue weighted by atomic mass is 10.2. The van der Waals surface area contributed by atoms with Crippen molar-refractivity contribution in [2.45, 2.75) is 19.1 Å². The highest BCUT2D eigenvalue weighted by Crippen LogP contribution is 2.30. The van der Waals surface area contributed by atoms with Crippen LogP contribution in [0.25, 0.3) is 0 Å². The molecule has 1 N–H and O–H groups in total. The van der Waals surface area contributed by atoms with Gasteiger partial charge < -0.3 is 14.8 Å². The molecule has 0 saturated heterocycles. The van der Waals surface area contributed by atoms with Gasteiger partial charge in [-0.2, -0.15) is 13.2 Å². The van der Waals surface area contributed by atoms with E-state index in [4.69, 9.17) is 9.47 Å². The summed E-state index contributed by atoms with van der Waals surface area (Å²) in [5.74, 6) is 0.122. The number of halogens is 3. The van der Waals surface area contributed by atoms with Crippen LogP contribution in [0.15, 0.2) is 42.6 Å². The van der Waals surface area contributed by atoms with Gasteiger partial charge in [-0.1, -0.05) is 0 Å². The smallest absolute Gasteiger partial charge is 0.417 e. The lowest BCUT2D eigenvalue weighted by molar-refractivity contribution is -0.137. The second-order valence-corrected chi connectivity index (χ2v) is 5.34. The van der Waals surface area contributed by atoms with Crippen molar-refractivity contribution < 1.29 is 27.4 Å². The van der Waals surface area contributed by atoms with Crippen molar-refractivity contribution in [3.05, 3.63) is 53.7 Å². The SMILES string of the molecule is COCC(C)NC(=O)c1ccc(Oc2ccc(C(F)(F)F)cn2)cc1. The third kappa shape index (κ3) is 5.46. The Morgan fingerprint density at radius 1 is 1.20 bits per heavy atom. The minimum Gasteiger partial charge on any atom is -0.439 e. The number of nitrogens with zero attached hydrogens (tertiary/aromatic N) is 1. The summed E-state index contributed by atoms with van der Waals surface area (Å²) < 4.78 is 47.7. The van der Waals surface area contributed by atoms with Crippen molar-refractivity contribution in [3.63, 3.8) is 0 Å². The number of carbonyl (C=O) groups excluding carboxylic acids is 1. The van der Waals surface area contributed by atoms with Crippen LogP contribution >= 0.6 is 0 Å². The number of methoxy groups -OCH3 is 1. The normalized spacial score (nSPS) is 12.5. The first-order chi connectivity index (χ1) is 11.8. The van der Waals surface area contributed by atoms with Gasteiger partial charge in [0.2, 0.25) is 5.88 Å². The zero-order valence-electron chi connectivity index (χ0n) is 13.6. The number of hydrogen-bond donors (Lipinski definition) is 1. The van der Waals surface area contributed by atoms with Crippen LogP contribution < -0.4 is 10.1 Å². The van der Waals surface area contributed by atoms with E-state index in [1.165, 1.54) is 12.1 Å². The number of pyridine rings is 1. The Morgan fingerprint density at radius 3 is 2.40 bits per heavy atom. The van der Waals surface area contributed by atoms with E-state index in [9.17, 15) is 18.0 Å². The van der Waals surface area contributed by atoms with Crippen LogP contribution in [-0.2, 0) is 10.9 Å². The summed E-state index contributed by atoms with van der Waals surface area (Å²) in [6, 6.07) is 8.06. The Labute approximate surface area is 142 Å². The summed E-state index contributed by atoms with van der Waals surface area (Å²) in [4.78, 5) is 15.6. The summed E-state index contributed by atoms with van der Waals surface area (Å²) in [6.07, 6.45) is -3.74. The van der Waals surface area contributed by atoms with Crippen LogP contribution in [0.3, 0.4) is 0 Å². The maximum absolute atomic E-state index is 12.5.